The molecule has 0 spiro atoms. The van der Waals surface area contributed by atoms with Crippen LogP contribution in [0, 0.1) is 11.6 Å². The van der Waals surface area contributed by atoms with Crippen LogP contribution in [-0.2, 0) is 6.54 Å². The summed E-state index contributed by atoms with van der Waals surface area (Å²) in [6, 6.07) is 7.17. The van der Waals surface area contributed by atoms with Crippen molar-refractivity contribution in [3.05, 3.63) is 63.9 Å². The average molecular weight is 327 g/mol. The molecule has 2 rings (SSSR count). The SMILES string of the molecule is CC(NCc1ccc(Br)cn1)c1c(F)cccc1F. The van der Waals surface area contributed by atoms with E-state index >= 15 is 0 Å². The minimum Gasteiger partial charge on any atom is -0.304 e. The van der Waals surface area contributed by atoms with Gasteiger partial charge in [0.25, 0.3) is 0 Å². The van der Waals surface area contributed by atoms with Gasteiger partial charge in [0.2, 0.25) is 0 Å². The van der Waals surface area contributed by atoms with Gasteiger partial charge in [-0.15, -0.1) is 0 Å². The van der Waals surface area contributed by atoms with Crippen LogP contribution in [0.4, 0.5) is 8.78 Å². The predicted molar refractivity (Wildman–Crippen MR) is 73.5 cm³/mol. The molecule has 19 heavy (non-hydrogen) atoms. The molecule has 0 bridgehead atoms. The largest absolute Gasteiger partial charge is 0.304 e. The maximum atomic E-state index is 13.6. The van der Waals surface area contributed by atoms with Crippen LogP contribution in [-0.4, -0.2) is 4.98 Å². The Morgan fingerprint density at radius 1 is 1.21 bits per heavy atom. The summed E-state index contributed by atoms with van der Waals surface area (Å²) in [5.74, 6) is -1.08. The first-order valence-corrected chi connectivity index (χ1v) is 6.65. The second kappa shape index (κ2) is 6.21. The molecule has 0 aliphatic carbocycles. The Balaban J connectivity index is 2.05. The monoisotopic (exact) mass is 326 g/mol. The Morgan fingerprint density at radius 2 is 1.89 bits per heavy atom. The van der Waals surface area contributed by atoms with E-state index in [9.17, 15) is 8.78 Å². The fourth-order valence-corrected chi connectivity index (χ4v) is 2.03. The quantitative estimate of drug-likeness (QED) is 0.919. The number of pyridine rings is 1. The summed E-state index contributed by atoms with van der Waals surface area (Å²) in [4.78, 5) is 4.19. The predicted octanol–water partition coefficient (Wildman–Crippen LogP) is 3.97. The van der Waals surface area contributed by atoms with Crippen molar-refractivity contribution in [3.63, 3.8) is 0 Å². The zero-order valence-corrected chi connectivity index (χ0v) is 11.9. The van der Waals surface area contributed by atoms with Gasteiger partial charge in [-0.2, -0.15) is 0 Å². The molecule has 100 valence electrons. The summed E-state index contributed by atoms with van der Waals surface area (Å²) < 4.78 is 28.0. The zero-order chi connectivity index (χ0) is 13.8. The van der Waals surface area contributed by atoms with Gasteiger partial charge in [0.05, 0.1) is 5.69 Å². The van der Waals surface area contributed by atoms with Crippen LogP contribution in [0.3, 0.4) is 0 Å². The smallest absolute Gasteiger partial charge is 0.130 e. The first kappa shape index (κ1) is 14.1. The van der Waals surface area contributed by atoms with Crippen LogP contribution in [0.5, 0.6) is 0 Å². The zero-order valence-electron chi connectivity index (χ0n) is 10.3. The number of nitrogens with one attached hydrogen (secondary N) is 1. The lowest BCUT2D eigenvalue weighted by Crippen LogP contribution is -2.20. The highest BCUT2D eigenvalue weighted by Crippen LogP contribution is 2.20. The molecule has 0 fully saturated rings. The molecular formula is C14H13BrF2N2. The lowest BCUT2D eigenvalue weighted by molar-refractivity contribution is 0.485. The molecule has 2 aromatic rings. The van der Waals surface area contributed by atoms with Crippen LogP contribution in [0.25, 0.3) is 0 Å². The topological polar surface area (TPSA) is 24.9 Å². The van der Waals surface area contributed by atoms with Crippen molar-refractivity contribution < 1.29 is 8.78 Å². The summed E-state index contributed by atoms with van der Waals surface area (Å²) in [5, 5.41) is 3.06. The normalized spacial score (nSPS) is 12.4. The number of nitrogens with zero attached hydrogens (tertiary/aromatic N) is 1. The van der Waals surface area contributed by atoms with E-state index < -0.39 is 17.7 Å². The summed E-state index contributed by atoms with van der Waals surface area (Å²) in [7, 11) is 0. The van der Waals surface area contributed by atoms with Gasteiger partial charge in [-0.25, -0.2) is 8.78 Å². The van der Waals surface area contributed by atoms with Crippen molar-refractivity contribution in [2.75, 3.05) is 0 Å². The molecule has 0 amide bonds. The highest BCUT2D eigenvalue weighted by atomic mass is 79.9. The summed E-state index contributed by atoms with van der Waals surface area (Å²) >= 11 is 3.30. The molecule has 5 heteroatoms. The van der Waals surface area contributed by atoms with Gasteiger partial charge in [-0.3, -0.25) is 4.98 Å². The molecule has 1 atom stereocenters. The molecule has 1 aromatic carbocycles. The second-order valence-electron chi connectivity index (χ2n) is 4.21. The van der Waals surface area contributed by atoms with Crippen LogP contribution < -0.4 is 5.32 Å². The van der Waals surface area contributed by atoms with Crippen molar-refractivity contribution in [1.29, 1.82) is 0 Å². The van der Waals surface area contributed by atoms with Crippen LogP contribution in [0.1, 0.15) is 24.2 Å². The van der Waals surface area contributed by atoms with Gasteiger partial charge in [0.15, 0.2) is 0 Å². The van der Waals surface area contributed by atoms with Gasteiger partial charge in [0.1, 0.15) is 11.6 Å². The maximum Gasteiger partial charge on any atom is 0.130 e. The Hall–Kier alpha value is -1.33. The first-order valence-electron chi connectivity index (χ1n) is 5.85. The minimum absolute atomic E-state index is 0.0552. The Kier molecular flexibility index (Phi) is 4.61. The van der Waals surface area contributed by atoms with E-state index in [0.29, 0.717) is 6.54 Å². The van der Waals surface area contributed by atoms with E-state index in [1.807, 2.05) is 12.1 Å². The number of halogens is 3. The first-order chi connectivity index (χ1) is 9.08. The molecule has 1 aromatic heterocycles. The molecule has 1 heterocycles. The van der Waals surface area contributed by atoms with Gasteiger partial charge >= 0.3 is 0 Å². The molecule has 2 nitrogen and oxygen atoms in total. The van der Waals surface area contributed by atoms with E-state index in [1.54, 1.807) is 13.1 Å². The van der Waals surface area contributed by atoms with Gasteiger partial charge < -0.3 is 5.32 Å². The van der Waals surface area contributed by atoms with E-state index in [2.05, 4.69) is 26.2 Å². The molecule has 0 saturated carbocycles. The van der Waals surface area contributed by atoms with Crippen LogP contribution in [0.15, 0.2) is 41.0 Å². The lowest BCUT2D eigenvalue weighted by Gasteiger charge is -2.15. The summed E-state index contributed by atoms with van der Waals surface area (Å²) in [6.45, 7) is 2.17. The van der Waals surface area contributed by atoms with E-state index in [4.69, 9.17) is 0 Å². The number of benzene rings is 1. The lowest BCUT2D eigenvalue weighted by atomic mass is 10.1. The standard InChI is InChI=1S/C14H13BrF2N2/c1-9(14-12(16)3-2-4-13(14)17)18-8-11-6-5-10(15)7-19-11/h2-7,9,18H,8H2,1H3. The maximum absolute atomic E-state index is 13.6. The molecular weight excluding hydrogens is 314 g/mol. The van der Waals surface area contributed by atoms with E-state index in [-0.39, 0.29) is 5.56 Å². The molecule has 1 N–H and O–H groups in total. The molecule has 0 radical (unpaired) electrons. The second-order valence-corrected chi connectivity index (χ2v) is 5.12. The number of hydrogen-bond donors (Lipinski definition) is 1. The van der Waals surface area contributed by atoms with Gasteiger partial charge in [-0.1, -0.05) is 6.07 Å². The fraction of sp³-hybridized carbons (Fsp3) is 0.214. The van der Waals surface area contributed by atoms with E-state index in [1.165, 1.54) is 18.2 Å². The third-order valence-corrected chi connectivity index (χ3v) is 3.28. The summed E-state index contributed by atoms with van der Waals surface area (Å²) in [5.41, 5.74) is 0.867. The fourth-order valence-electron chi connectivity index (χ4n) is 1.80. The van der Waals surface area contributed by atoms with Crippen LogP contribution in [0.2, 0.25) is 0 Å². The Morgan fingerprint density at radius 3 is 2.47 bits per heavy atom. The van der Waals surface area contributed by atoms with Crippen molar-refractivity contribution in [2.24, 2.45) is 0 Å². The van der Waals surface area contributed by atoms with Gasteiger partial charge in [-0.05, 0) is 47.1 Å². The van der Waals surface area contributed by atoms with Crippen molar-refractivity contribution >= 4 is 15.9 Å². The van der Waals surface area contributed by atoms with Crippen molar-refractivity contribution in [3.8, 4) is 0 Å². The van der Waals surface area contributed by atoms with Crippen LogP contribution >= 0.6 is 15.9 Å². The number of aromatic nitrogens is 1. The molecule has 0 aliphatic heterocycles. The van der Waals surface area contributed by atoms with Gasteiger partial charge in [0, 0.05) is 28.8 Å². The number of hydrogen-bond acceptors (Lipinski definition) is 2. The van der Waals surface area contributed by atoms with Crippen molar-refractivity contribution in [2.45, 2.75) is 19.5 Å². The molecule has 0 saturated heterocycles. The highest BCUT2D eigenvalue weighted by molar-refractivity contribution is 9.10. The molecule has 1 unspecified atom stereocenters. The minimum atomic E-state index is -0.538. The number of rotatable bonds is 4. The molecule has 0 aliphatic rings. The van der Waals surface area contributed by atoms with E-state index in [0.717, 1.165) is 10.2 Å². The van der Waals surface area contributed by atoms with Crippen molar-refractivity contribution in [1.82, 2.24) is 10.3 Å². The third-order valence-electron chi connectivity index (χ3n) is 2.81. The average Bonchev–Trinajstić information content (AvgIpc) is 2.38. The Labute approximate surface area is 119 Å². The Bertz CT molecular complexity index is 538. The highest BCUT2D eigenvalue weighted by Gasteiger charge is 2.15. The third kappa shape index (κ3) is 3.58. The summed E-state index contributed by atoms with van der Waals surface area (Å²) in [6.07, 6.45) is 1.69.